The first-order valence-electron chi connectivity index (χ1n) is 12.7. The van der Waals surface area contributed by atoms with Crippen molar-refractivity contribution in [2.75, 3.05) is 26.1 Å². The van der Waals surface area contributed by atoms with Crippen LogP contribution in [0.15, 0.2) is 107 Å². The number of allylic oxidation sites excluding steroid dienone is 4. The van der Waals surface area contributed by atoms with Crippen molar-refractivity contribution in [2.45, 2.75) is 32.2 Å². The lowest BCUT2D eigenvalue weighted by Crippen LogP contribution is -2.27. The number of rotatable bonds is 11. The van der Waals surface area contributed by atoms with Crippen molar-refractivity contribution < 1.29 is 9.47 Å². The molecule has 2 aliphatic rings. The Morgan fingerprint density at radius 1 is 1.13 bits per heavy atom. The SMILES string of the molecule is C=C1/C=C(OC)\C(OC)=C/C/C(Cc2ncc(NC(=C)C3(CNCc4ccccc4)CC3)cc2Cl)=C\C=N/1. The molecule has 0 radical (unpaired) electrons. The molecule has 0 spiro atoms. The van der Waals surface area contributed by atoms with Gasteiger partial charge in [0.2, 0.25) is 0 Å². The number of ether oxygens (including phenoxy) is 2. The van der Waals surface area contributed by atoms with Crippen LogP contribution in [0.25, 0.3) is 0 Å². The molecule has 6 nitrogen and oxygen atoms in total. The van der Waals surface area contributed by atoms with Crippen molar-refractivity contribution in [3.63, 3.8) is 0 Å². The van der Waals surface area contributed by atoms with Crippen molar-refractivity contribution in [1.82, 2.24) is 10.3 Å². The molecule has 0 saturated heterocycles. The number of pyridine rings is 1. The fourth-order valence-corrected chi connectivity index (χ4v) is 4.56. The minimum absolute atomic E-state index is 0.0606. The molecule has 198 valence electrons. The second kappa shape index (κ2) is 12.8. The number of halogens is 1. The summed E-state index contributed by atoms with van der Waals surface area (Å²) in [5, 5.41) is 7.64. The van der Waals surface area contributed by atoms with Crippen LogP contribution >= 0.6 is 11.6 Å². The molecule has 1 fully saturated rings. The number of methoxy groups -OCH3 is 2. The van der Waals surface area contributed by atoms with E-state index in [1.54, 1.807) is 26.5 Å². The van der Waals surface area contributed by atoms with Crippen molar-refractivity contribution >= 4 is 23.5 Å². The molecule has 1 saturated carbocycles. The lowest BCUT2D eigenvalue weighted by molar-refractivity contribution is 0.219. The predicted octanol–water partition coefficient (Wildman–Crippen LogP) is 6.75. The second-order valence-electron chi connectivity index (χ2n) is 9.59. The highest BCUT2D eigenvalue weighted by Crippen LogP contribution is 2.50. The molecule has 7 heteroatoms. The van der Waals surface area contributed by atoms with Crippen LogP contribution in [-0.4, -0.2) is 32.0 Å². The average Bonchev–Trinajstić information content (AvgIpc) is 3.71. The number of aliphatic imine (C=N–C) groups is 1. The van der Waals surface area contributed by atoms with Gasteiger partial charge in [-0.25, -0.2) is 0 Å². The summed E-state index contributed by atoms with van der Waals surface area (Å²) in [4.78, 5) is 9.04. The molecule has 0 amide bonds. The van der Waals surface area contributed by atoms with Gasteiger partial charge in [-0.3, -0.25) is 9.98 Å². The van der Waals surface area contributed by atoms with Crippen LogP contribution in [0.2, 0.25) is 5.02 Å². The van der Waals surface area contributed by atoms with Crippen molar-refractivity contribution in [3.05, 3.63) is 119 Å². The Bertz CT molecular complexity index is 1290. The van der Waals surface area contributed by atoms with Crippen LogP contribution in [0.4, 0.5) is 5.69 Å². The summed E-state index contributed by atoms with van der Waals surface area (Å²) in [6.45, 7) is 10.0. The van der Waals surface area contributed by atoms with Crippen LogP contribution in [-0.2, 0) is 22.4 Å². The van der Waals surface area contributed by atoms with Gasteiger partial charge in [-0.2, -0.15) is 0 Å². The van der Waals surface area contributed by atoms with Crippen LogP contribution < -0.4 is 10.6 Å². The number of benzene rings is 1. The number of nitrogens with one attached hydrogen (secondary N) is 2. The number of anilines is 1. The van der Waals surface area contributed by atoms with Gasteiger partial charge in [0.05, 0.1) is 42.5 Å². The first-order valence-corrected chi connectivity index (χ1v) is 13.1. The third-order valence-corrected chi connectivity index (χ3v) is 7.14. The van der Waals surface area contributed by atoms with E-state index >= 15 is 0 Å². The normalized spacial score (nSPS) is 21.6. The van der Waals surface area contributed by atoms with Crippen molar-refractivity contribution in [3.8, 4) is 0 Å². The van der Waals surface area contributed by atoms with Gasteiger partial charge < -0.3 is 20.1 Å². The molecule has 38 heavy (non-hydrogen) atoms. The largest absolute Gasteiger partial charge is 0.493 e. The van der Waals surface area contributed by atoms with Gasteiger partial charge in [0.15, 0.2) is 11.5 Å². The zero-order valence-electron chi connectivity index (χ0n) is 22.1. The molecule has 1 aliphatic heterocycles. The fourth-order valence-electron chi connectivity index (χ4n) is 4.33. The molecule has 1 aromatic heterocycles. The van der Waals surface area contributed by atoms with Crippen molar-refractivity contribution in [1.29, 1.82) is 0 Å². The Morgan fingerprint density at radius 3 is 2.58 bits per heavy atom. The first kappa shape index (κ1) is 27.4. The lowest BCUT2D eigenvalue weighted by atomic mass is 10.0. The summed E-state index contributed by atoms with van der Waals surface area (Å²) >= 11 is 6.68. The summed E-state index contributed by atoms with van der Waals surface area (Å²) in [6, 6.07) is 12.3. The number of hydrogen-bond acceptors (Lipinski definition) is 6. The Balaban J connectivity index is 1.38. The number of hydrogen-bond donors (Lipinski definition) is 2. The highest BCUT2D eigenvalue weighted by molar-refractivity contribution is 6.31. The van der Waals surface area contributed by atoms with Gasteiger partial charge in [0.1, 0.15) is 0 Å². The van der Waals surface area contributed by atoms with E-state index in [4.69, 9.17) is 21.1 Å². The first-order chi connectivity index (χ1) is 18.4. The zero-order chi connectivity index (χ0) is 27.0. The maximum absolute atomic E-state index is 6.68. The van der Waals surface area contributed by atoms with E-state index in [0.29, 0.717) is 35.1 Å². The lowest BCUT2D eigenvalue weighted by Gasteiger charge is -2.21. The van der Waals surface area contributed by atoms with Crippen molar-refractivity contribution in [2.24, 2.45) is 10.4 Å². The number of aromatic nitrogens is 1. The standard InChI is InChI=1S/C31H35ClN4O2/c1-22-16-30(38-4)29(37-3)11-10-24(12-15-34-22)17-28-27(32)18-26(20-35-28)36-23(2)31(13-14-31)21-33-19-25-8-6-5-7-9-25/h5-9,11-12,15-16,18,20,33,36H,1-2,10,13-14,17,19,21H2,3-4H3/b24-12+,29-11+,30-16+,34-15-. The quantitative estimate of drug-likeness (QED) is 0.336. The smallest absolute Gasteiger partial charge is 0.162 e. The van der Waals surface area contributed by atoms with Gasteiger partial charge in [-0.1, -0.05) is 60.7 Å². The minimum atomic E-state index is 0.0606. The molecule has 0 unspecified atom stereocenters. The van der Waals surface area contributed by atoms with Gasteiger partial charge in [0.25, 0.3) is 0 Å². The molecule has 2 aromatic rings. The van der Waals surface area contributed by atoms with E-state index in [0.717, 1.165) is 48.6 Å². The molecule has 2 heterocycles. The Labute approximate surface area is 230 Å². The highest BCUT2D eigenvalue weighted by Gasteiger charge is 2.45. The van der Waals surface area contributed by atoms with E-state index in [-0.39, 0.29) is 5.41 Å². The topological polar surface area (TPSA) is 67.8 Å². The molecular weight excluding hydrogens is 496 g/mol. The van der Waals surface area contributed by atoms with E-state index in [9.17, 15) is 0 Å². The van der Waals surface area contributed by atoms with Crippen LogP contribution in [0, 0.1) is 5.41 Å². The summed E-state index contributed by atoms with van der Waals surface area (Å²) in [5.74, 6) is 1.20. The fraction of sp³-hybridized carbons (Fsp3) is 0.290. The summed E-state index contributed by atoms with van der Waals surface area (Å²) in [6.07, 6.45) is 12.7. The van der Waals surface area contributed by atoms with Gasteiger partial charge in [0, 0.05) is 42.9 Å². The Kier molecular flexibility index (Phi) is 9.21. The summed E-state index contributed by atoms with van der Waals surface area (Å²) in [7, 11) is 3.21. The van der Waals surface area contributed by atoms with Crippen LogP contribution in [0.1, 0.15) is 30.5 Å². The predicted molar refractivity (Wildman–Crippen MR) is 156 cm³/mol. The van der Waals surface area contributed by atoms with Gasteiger partial charge in [-0.05, 0) is 43.0 Å². The van der Waals surface area contributed by atoms with E-state index < -0.39 is 0 Å². The third kappa shape index (κ3) is 7.24. The van der Waals surface area contributed by atoms with E-state index in [2.05, 4.69) is 58.0 Å². The molecule has 0 atom stereocenters. The molecule has 0 bridgehead atoms. The number of nitrogens with zero attached hydrogens (tertiary/aromatic N) is 2. The maximum Gasteiger partial charge on any atom is 0.162 e. The van der Waals surface area contributed by atoms with E-state index in [1.165, 1.54) is 5.56 Å². The Hall–Kier alpha value is -3.61. The Morgan fingerprint density at radius 2 is 1.89 bits per heavy atom. The molecule has 1 aromatic carbocycles. The zero-order valence-corrected chi connectivity index (χ0v) is 22.9. The third-order valence-electron chi connectivity index (χ3n) is 6.82. The van der Waals surface area contributed by atoms with Gasteiger partial charge >= 0.3 is 0 Å². The summed E-state index contributed by atoms with van der Waals surface area (Å²) in [5.41, 5.74) is 5.61. The van der Waals surface area contributed by atoms with Crippen LogP contribution in [0.3, 0.4) is 0 Å². The molecule has 4 rings (SSSR count). The summed E-state index contributed by atoms with van der Waals surface area (Å²) < 4.78 is 11.0. The monoisotopic (exact) mass is 530 g/mol. The molecule has 2 N–H and O–H groups in total. The van der Waals surface area contributed by atoms with E-state index in [1.807, 2.05) is 30.5 Å². The van der Waals surface area contributed by atoms with Gasteiger partial charge in [-0.15, -0.1) is 0 Å². The highest BCUT2D eigenvalue weighted by atomic mass is 35.5. The molecular formula is C31H35ClN4O2. The average molecular weight is 531 g/mol. The minimum Gasteiger partial charge on any atom is -0.493 e. The second-order valence-corrected chi connectivity index (χ2v) is 9.99. The maximum atomic E-state index is 6.68. The van der Waals surface area contributed by atoms with Crippen LogP contribution in [0.5, 0.6) is 0 Å². The molecule has 1 aliphatic carbocycles.